The molecule has 0 aromatic heterocycles. The third kappa shape index (κ3) is 2.96. The third-order valence-electron chi connectivity index (χ3n) is 6.72. The van der Waals surface area contributed by atoms with Gasteiger partial charge in [-0.2, -0.15) is 0 Å². The molecule has 0 aromatic carbocycles. The van der Waals surface area contributed by atoms with E-state index in [0.29, 0.717) is 18.3 Å². The third-order valence-corrected chi connectivity index (χ3v) is 7.54. The number of hydrogen-bond donors (Lipinski definition) is 0. The van der Waals surface area contributed by atoms with Crippen molar-refractivity contribution in [2.24, 2.45) is 23.7 Å². The van der Waals surface area contributed by atoms with E-state index in [1.165, 1.54) is 24.8 Å². The molecule has 5 atom stereocenters. The average Bonchev–Trinajstić information content (AvgIpc) is 2.49. The molecule has 0 amide bonds. The lowest BCUT2D eigenvalue weighted by atomic mass is 9.53. The maximum Gasteiger partial charge on any atom is 0.293 e. The predicted octanol–water partition coefficient (Wildman–Crippen LogP) is 4.65. The Morgan fingerprint density at radius 1 is 1.12 bits per heavy atom. The van der Waals surface area contributed by atoms with E-state index in [0.717, 1.165) is 43.8 Å². The van der Waals surface area contributed by atoms with E-state index in [-0.39, 0.29) is 22.3 Å². The summed E-state index contributed by atoms with van der Waals surface area (Å²) >= 11 is 13.3. The van der Waals surface area contributed by atoms with E-state index in [1.54, 1.807) is 7.11 Å². The lowest BCUT2D eigenvalue weighted by molar-refractivity contribution is -0.135. The van der Waals surface area contributed by atoms with Crippen molar-refractivity contribution in [2.75, 3.05) is 7.11 Å². The van der Waals surface area contributed by atoms with Gasteiger partial charge in [0.15, 0.2) is 0 Å². The highest BCUT2D eigenvalue weighted by atomic mass is 35.5. The van der Waals surface area contributed by atoms with Crippen LogP contribution in [0.1, 0.15) is 51.4 Å². The largest absolute Gasteiger partial charge is 0.501 e. The molecule has 134 valence electrons. The molecular formula is C19H26Cl2O3. The van der Waals surface area contributed by atoms with Crippen molar-refractivity contribution in [1.29, 1.82) is 0 Å². The van der Waals surface area contributed by atoms with Gasteiger partial charge in [-0.25, -0.2) is 0 Å². The highest BCUT2D eigenvalue weighted by molar-refractivity contribution is 6.24. The molecule has 5 fully saturated rings. The van der Waals surface area contributed by atoms with Crippen molar-refractivity contribution in [1.82, 2.24) is 0 Å². The Balaban J connectivity index is 1.62. The second kappa shape index (κ2) is 6.39. The van der Waals surface area contributed by atoms with Gasteiger partial charge < -0.3 is 9.47 Å². The molecule has 5 heteroatoms. The van der Waals surface area contributed by atoms with Crippen LogP contribution >= 0.6 is 23.2 Å². The summed E-state index contributed by atoms with van der Waals surface area (Å²) in [6.07, 6.45) is 8.28. The van der Waals surface area contributed by atoms with Gasteiger partial charge in [-0.15, -0.1) is 23.2 Å². The lowest BCUT2D eigenvalue weighted by Crippen LogP contribution is -2.49. The highest BCUT2D eigenvalue weighted by Gasteiger charge is 2.54. The van der Waals surface area contributed by atoms with Crippen molar-refractivity contribution in [2.45, 2.75) is 67.7 Å². The average molecular weight is 373 g/mol. The summed E-state index contributed by atoms with van der Waals surface area (Å²) in [4.78, 5) is 10.8. The van der Waals surface area contributed by atoms with Crippen LogP contribution in [0.5, 0.6) is 0 Å². The van der Waals surface area contributed by atoms with Gasteiger partial charge in [-0.05, 0) is 68.3 Å². The fourth-order valence-corrected chi connectivity index (χ4v) is 7.22. The minimum atomic E-state index is -0.0919. The van der Waals surface area contributed by atoms with E-state index >= 15 is 0 Å². The molecule has 0 radical (unpaired) electrons. The molecule has 3 nitrogen and oxygen atoms in total. The Hall–Kier alpha value is -0.410. The second-order valence-corrected chi connectivity index (χ2v) is 9.79. The molecule has 0 aliphatic heterocycles. The SMILES string of the molecule is COC(=C1C2CC3CC1CC(Cl)(C3)C2)C1CC(Cl)CC(OC=O)C1. The Labute approximate surface area is 154 Å². The normalized spacial score (nSPS) is 46.7. The molecule has 5 rings (SSSR count). The van der Waals surface area contributed by atoms with Crippen LogP contribution in [-0.2, 0) is 14.3 Å². The number of ether oxygens (including phenoxy) is 2. The second-order valence-electron chi connectivity index (χ2n) is 8.37. The van der Waals surface area contributed by atoms with Gasteiger partial charge in [-0.1, -0.05) is 0 Å². The van der Waals surface area contributed by atoms with Gasteiger partial charge in [-0.3, -0.25) is 4.79 Å². The van der Waals surface area contributed by atoms with Gasteiger partial charge in [0.2, 0.25) is 0 Å². The molecule has 0 aromatic rings. The van der Waals surface area contributed by atoms with Crippen LogP contribution in [0.15, 0.2) is 11.3 Å². The molecule has 0 N–H and O–H groups in total. The quantitative estimate of drug-likeness (QED) is 0.409. The highest BCUT2D eigenvalue weighted by Crippen LogP contribution is 2.61. The van der Waals surface area contributed by atoms with E-state index in [4.69, 9.17) is 32.7 Å². The van der Waals surface area contributed by atoms with Crippen molar-refractivity contribution in [3.05, 3.63) is 11.3 Å². The number of carbonyl (C=O) groups excluding carboxylic acids is 1. The number of rotatable bonds is 4. The zero-order valence-corrected chi connectivity index (χ0v) is 15.7. The predicted molar refractivity (Wildman–Crippen MR) is 94.1 cm³/mol. The van der Waals surface area contributed by atoms with Gasteiger partial charge in [0, 0.05) is 22.6 Å². The lowest BCUT2D eigenvalue weighted by Gasteiger charge is -2.56. The van der Waals surface area contributed by atoms with E-state index in [1.807, 2.05) is 0 Å². The van der Waals surface area contributed by atoms with Crippen LogP contribution in [0.3, 0.4) is 0 Å². The zero-order valence-electron chi connectivity index (χ0n) is 14.2. The molecule has 5 unspecified atom stereocenters. The molecule has 5 aliphatic carbocycles. The van der Waals surface area contributed by atoms with Crippen LogP contribution in [0, 0.1) is 23.7 Å². The summed E-state index contributed by atoms with van der Waals surface area (Å²) in [6.45, 7) is 0.552. The maximum absolute atomic E-state index is 10.7. The smallest absolute Gasteiger partial charge is 0.293 e. The number of hydrogen-bond acceptors (Lipinski definition) is 3. The topological polar surface area (TPSA) is 35.5 Å². The Morgan fingerprint density at radius 2 is 1.83 bits per heavy atom. The standard InChI is InChI=1S/C19H26Cl2O3/c1-23-18(12-4-15(20)6-16(5-12)24-10-22)17-13-2-11-3-14(17)9-19(21,7-11)8-13/h10-16H,2-9H2,1H3. The van der Waals surface area contributed by atoms with E-state index in [2.05, 4.69) is 0 Å². The van der Waals surface area contributed by atoms with Crippen LogP contribution in [0.25, 0.3) is 0 Å². The van der Waals surface area contributed by atoms with Gasteiger partial charge in [0.1, 0.15) is 6.10 Å². The minimum Gasteiger partial charge on any atom is -0.501 e. The molecule has 5 saturated carbocycles. The fourth-order valence-electron chi connectivity index (χ4n) is 6.22. The van der Waals surface area contributed by atoms with Crippen molar-refractivity contribution >= 4 is 29.7 Å². The molecule has 4 bridgehead atoms. The zero-order chi connectivity index (χ0) is 16.9. The maximum atomic E-state index is 10.7. The first-order valence-corrected chi connectivity index (χ1v) is 10.0. The van der Waals surface area contributed by atoms with Gasteiger partial charge in [0.05, 0.1) is 12.9 Å². The molecule has 0 heterocycles. The summed E-state index contributed by atoms with van der Waals surface area (Å²) < 4.78 is 11.2. The van der Waals surface area contributed by atoms with Crippen LogP contribution in [-0.4, -0.2) is 29.9 Å². The number of allylic oxidation sites excluding steroid dienone is 2. The Morgan fingerprint density at radius 3 is 2.42 bits per heavy atom. The van der Waals surface area contributed by atoms with Gasteiger partial charge in [0.25, 0.3) is 6.47 Å². The van der Waals surface area contributed by atoms with Crippen molar-refractivity contribution < 1.29 is 14.3 Å². The molecule has 24 heavy (non-hydrogen) atoms. The van der Waals surface area contributed by atoms with Crippen molar-refractivity contribution in [3.8, 4) is 0 Å². The first-order valence-electron chi connectivity index (χ1n) is 9.21. The van der Waals surface area contributed by atoms with E-state index < -0.39 is 0 Å². The molecular weight excluding hydrogens is 347 g/mol. The summed E-state index contributed by atoms with van der Waals surface area (Å²) in [5.41, 5.74) is 1.52. The van der Waals surface area contributed by atoms with E-state index in [9.17, 15) is 4.79 Å². The van der Waals surface area contributed by atoms with Crippen LogP contribution < -0.4 is 0 Å². The van der Waals surface area contributed by atoms with Crippen molar-refractivity contribution in [3.63, 3.8) is 0 Å². The summed E-state index contributed by atoms with van der Waals surface area (Å²) in [6, 6.07) is 0. The number of carbonyl (C=O) groups is 1. The molecule has 5 aliphatic rings. The van der Waals surface area contributed by atoms with Crippen LogP contribution in [0.2, 0.25) is 0 Å². The molecule has 0 saturated heterocycles. The summed E-state index contributed by atoms with van der Waals surface area (Å²) in [5.74, 6) is 3.33. The Bertz CT molecular complexity index is 529. The van der Waals surface area contributed by atoms with Gasteiger partial charge >= 0.3 is 0 Å². The van der Waals surface area contributed by atoms with Crippen LogP contribution in [0.4, 0.5) is 0 Å². The number of methoxy groups -OCH3 is 1. The first-order chi connectivity index (χ1) is 11.5. The minimum absolute atomic E-state index is 0.0313. The summed E-state index contributed by atoms with van der Waals surface area (Å²) in [5, 5.41) is 0.0376. The summed E-state index contributed by atoms with van der Waals surface area (Å²) in [7, 11) is 1.79. The molecule has 0 spiro atoms. The Kier molecular flexibility index (Phi) is 4.53. The number of halogens is 2. The number of alkyl halides is 2. The monoisotopic (exact) mass is 372 g/mol. The fraction of sp³-hybridized carbons (Fsp3) is 0.842. The first kappa shape index (κ1) is 17.0.